The van der Waals surface area contributed by atoms with E-state index in [9.17, 15) is 14.0 Å². The van der Waals surface area contributed by atoms with E-state index < -0.39 is 11.7 Å². The first-order valence-corrected chi connectivity index (χ1v) is 7.57. The summed E-state index contributed by atoms with van der Waals surface area (Å²) in [6, 6.07) is 8.93. The van der Waals surface area contributed by atoms with E-state index in [4.69, 9.17) is 11.6 Å². The number of anilines is 2. The number of benzene rings is 2. The SMILES string of the molecule is CCN1C(=O)Cc2cc(NC(=O)c3ccc(F)cc3Cl)ccc21. The quantitative estimate of drug-likeness (QED) is 0.933. The smallest absolute Gasteiger partial charge is 0.257 e. The highest BCUT2D eigenvalue weighted by molar-refractivity contribution is 6.34. The minimum atomic E-state index is -0.498. The predicted molar refractivity (Wildman–Crippen MR) is 87.5 cm³/mol. The first-order valence-electron chi connectivity index (χ1n) is 7.19. The highest BCUT2D eigenvalue weighted by Crippen LogP contribution is 2.31. The minimum absolute atomic E-state index is 0.0487. The Labute approximate surface area is 137 Å². The molecule has 118 valence electrons. The largest absolute Gasteiger partial charge is 0.322 e. The predicted octanol–water partition coefficient (Wildman–Crippen LogP) is 3.64. The molecule has 0 aliphatic carbocycles. The molecule has 2 aromatic carbocycles. The van der Waals surface area contributed by atoms with Gasteiger partial charge in [0.1, 0.15) is 5.82 Å². The number of nitrogens with one attached hydrogen (secondary N) is 1. The standard InChI is InChI=1S/C17H14ClFN2O2/c1-2-21-15-6-4-12(7-10(15)8-16(21)22)20-17(23)13-5-3-11(19)9-14(13)18/h3-7,9H,2,8H2,1H3,(H,20,23). The molecule has 2 aromatic rings. The van der Waals surface area contributed by atoms with Crippen molar-refractivity contribution in [1.29, 1.82) is 0 Å². The van der Waals surface area contributed by atoms with Gasteiger partial charge < -0.3 is 10.2 Å². The summed E-state index contributed by atoms with van der Waals surface area (Å²) in [7, 11) is 0. The Morgan fingerprint density at radius 1 is 1.30 bits per heavy atom. The van der Waals surface area contributed by atoms with Crippen molar-refractivity contribution in [2.75, 3.05) is 16.8 Å². The summed E-state index contributed by atoms with van der Waals surface area (Å²) in [5.74, 6) is -0.874. The third-order valence-electron chi connectivity index (χ3n) is 3.76. The van der Waals surface area contributed by atoms with Crippen molar-refractivity contribution in [1.82, 2.24) is 0 Å². The Morgan fingerprint density at radius 3 is 2.78 bits per heavy atom. The molecule has 0 aromatic heterocycles. The molecule has 0 atom stereocenters. The van der Waals surface area contributed by atoms with Crippen LogP contribution in [0.15, 0.2) is 36.4 Å². The van der Waals surface area contributed by atoms with Crippen LogP contribution in [0.5, 0.6) is 0 Å². The lowest BCUT2D eigenvalue weighted by atomic mass is 10.1. The molecule has 0 unspecified atom stereocenters. The van der Waals surface area contributed by atoms with Gasteiger partial charge in [0.15, 0.2) is 0 Å². The van der Waals surface area contributed by atoms with Crippen molar-refractivity contribution in [3.8, 4) is 0 Å². The summed E-state index contributed by atoms with van der Waals surface area (Å²) in [5.41, 5.74) is 2.51. The van der Waals surface area contributed by atoms with Gasteiger partial charge in [-0.1, -0.05) is 11.6 Å². The van der Waals surface area contributed by atoms with Crippen molar-refractivity contribution in [2.24, 2.45) is 0 Å². The fraction of sp³-hybridized carbons (Fsp3) is 0.176. The second kappa shape index (κ2) is 6.01. The van der Waals surface area contributed by atoms with Crippen LogP contribution in [0.1, 0.15) is 22.8 Å². The van der Waals surface area contributed by atoms with Crippen LogP contribution in [-0.4, -0.2) is 18.4 Å². The van der Waals surface area contributed by atoms with Gasteiger partial charge >= 0.3 is 0 Å². The zero-order chi connectivity index (χ0) is 16.6. The highest BCUT2D eigenvalue weighted by atomic mass is 35.5. The molecule has 0 bridgehead atoms. The van der Waals surface area contributed by atoms with Crippen LogP contribution in [0.3, 0.4) is 0 Å². The fourth-order valence-corrected chi connectivity index (χ4v) is 2.93. The number of hydrogen-bond donors (Lipinski definition) is 1. The summed E-state index contributed by atoms with van der Waals surface area (Å²) in [6.07, 6.45) is 0.324. The lowest BCUT2D eigenvalue weighted by Crippen LogP contribution is -2.25. The van der Waals surface area contributed by atoms with Gasteiger partial charge in [-0.15, -0.1) is 0 Å². The lowest BCUT2D eigenvalue weighted by Gasteiger charge is -2.15. The van der Waals surface area contributed by atoms with E-state index in [1.807, 2.05) is 13.0 Å². The van der Waals surface area contributed by atoms with E-state index in [0.29, 0.717) is 18.7 Å². The van der Waals surface area contributed by atoms with Crippen LogP contribution in [0.2, 0.25) is 5.02 Å². The van der Waals surface area contributed by atoms with Gasteiger partial charge in [0.25, 0.3) is 5.91 Å². The monoisotopic (exact) mass is 332 g/mol. The number of fused-ring (bicyclic) bond motifs is 1. The highest BCUT2D eigenvalue weighted by Gasteiger charge is 2.26. The number of amides is 2. The van der Waals surface area contributed by atoms with E-state index in [0.717, 1.165) is 17.3 Å². The number of likely N-dealkylation sites (N-methyl/N-ethyl adjacent to an activating group) is 1. The average Bonchev–Trinajstić information content (AvgIpc) is 2.81. The molecule has 1 aliphatic heterocycles. The number of halogens is 2. The zero-order valence-corrected chi connectivity index (χ0v) is 13.2. The van der Waals surface area contributed by atoms with Gasteiger partial charge in [-0.2, -0.15) is 0 Å². The summed E-state index contributed by atoms with van der Waals surface area (Å²) >= 11 is 5.89. The van der Waals surface area contributed by atoms with E-state index in [1.165, 1.54) is 12.1 Å². The maximum atomic E-state index is 13.0. The van der Waals surface area contributed by atoms with E-state index >= 15 is 0 Å². The Balaban J connectivity index is 1.83. The van der Waals surface area contributed by atoms with Crippen molar-refractivity contribution in [3.05, 3.63) is 58.4 Å². The Bertz CT molecular complexity index is 807. The Kier molecular flexibility index (Phi) is 4.05. The molecule has 6 heteroatoms. The average molecular weight is 333 g/mol. The molecule has 4 nitrogen and oxygen atoms in total. The van der Waals surface area contributed by atoms with E-state index in [1.54, 1.807) is 17.0 Å². The molecule has 0 fully saturated rings. The molecule has 0 radical (unpaired) electrons. The molecule has 3 rings (SSSR count). The molecule has 0 spiro atoms. The van der Waals surface area contributed by atoms with Gasteiger partial charge in [-0.25, -0.2) is 4.39 Å². The molecule has 1 heterocycles. The third-order valence-corrected chi connectivity index (χ3v) is 4.08. The molecule has 1 aliphatic rings. The van der Waals surface area contributed by atoms with Crippen molar-refractivity contribution >= 4 is 34.8 Å². The van der Waals surface area contributed by atoms with Crippen molar-refractivity contribution in [2.45, 2.75) is 13.3 Å². The van der Waals surface area contributed by atoms with Crippen LogP contribution in [0.4, 0.5) is 15.8 Å². The molecule has 0 saturated heterocycles. The maximum absolute atomic E-state index is 13.0. The van der Waals surface area contributed by atoms with Gasteiger partial charge in [0.05, 0.1) is 17.0 Å². The third kappa shape index (κ3) is 2.92. The molecular weight excluding hydrogens is 319 g/mol. The molecule has 2 amide bonds. The fourth-order valence-electron chi connectivity index (χ4n) is 2.68. The lowest BCUT2D eigenvalue weighted by molar-refractivity contribution is -0.117. The van der Waals surface area contributed by atoms with Gasteiger partial charge in [0, 0.05) is 17.9 Å². The van der Waals surface area contributed by atoms with Crippen LogP contribution in [0, 0.1) is 5.82 Å². The van der Waals surface area contributed by atoms with Crippen LogP contribution in [-0.2, 0) is 11.2 Å². The summed E-state index contributed by atoms with van der Waals surface area (Å²) in [6.45, 7) is 2.53. The number of carbonyl (C=O) groups excluding carboxylic acids is 2. The topological polar surface area (TPSA) is 49.4 Å². The molecular formula is C17H14ClFN2O2. The van der Waals surface area contributed by atoms with Crippen LogP contribution < -0.4 is 10.2 Å². The van der Waals surface area contributed by atoms with Crippen molar-refractivity contribution < 1.29 is 14.0 Å². The summed E-state index contributed by atoms with van der Waals surface area (Å²) < 4.78 is 13.0. The zero-order valence-electron chi connectivity index (χ0n) is 12.4. The number of rotatable bonds is 3. The number of carbonyl (C=O) groups is 2. The maximum Gasteiger partial charge on any atom is 0.257 e. The Morgan fingerprint density at radius 2 is 2.09 bits per heavy atom. The molecule has 1 N–H and O–H groups in total. The van der Waals surface area contributed by atoms with E-state index in [2.05, 4.69) is 5.32 Å². The van der Waals surface area contributed by atoms with Gasteiger partial charge in [0.2, 0.25) is 5.91 Å². The molecule has 23 heavy (non-hydrogen) atoms. The second-order valence-corrected chi connectivity index (χ2v) is 5.64. The second-order valence-electron chi connectivity index (χ2n) is 5.24. The minimum Gasteiger partial charge on any atom is -0.322 e. The van der Waals surface area contributed by atoms with Gasteiger partial charge in [-0.05, 0) is 48.9 Å². The van der Waals surface area contributed by atoms with Gasteiger partial charge in [-0.3, -0.25) is 9.59 Å². The van der Waals surface area contributed by atoms with Crippen molar-refractivity contribution in [3.63, 3.8) is 0 Å². The number of nitrogens with zero attached hydrogens (tertiary/aromatic N) is 1. The van der Waals surface area contributed by atoms with Crippen LogP contribution >= 0.6 is 11.6 Å². The Hall–Kier alpha value is -2.40. The van der Waals surface area contributed by atoms with Crippen LogP contribution in [0.25, 0.3) is 0 Å². The first kappa shape index (κ1) is 15.5. The summed E-state index contributed by atoms with van der Waals surface area (Å²) in [4.78, 5) is 25.8. The number of hydrogen-bond acceptors (Lipinski definition) is 2. The normalized spacial score (nSPS) is 13.2. The summed E-state index contributed by atoms with van der Waals surface area (Å²) in [5, 5.41) is 2.77. The molecule has 0 saturated carbocycles. The van der Waals surface area contributed by atoms with E-state index in [-0.39, 0.29) is 16.5 Å². The first-order chi connectivity index (χ1) is 11.0.